The number of nitro groups is 1. The molecule has 2 aromatic rings. The standard InChI is InChI=1S/C18H20N4O3/c1-13-3-4-15(11-14(13)2)18(23)21-9-7-20(8-10-21)16-5-6-17(19-12-16)22(24)25/h3-6,11-12H,7-10H2,1-2H3. The molecular formula is C18H20N4O3. The second kappa shape index (κ2) is 6.88. The van der Waals surface area contributed by atoms with Crippen LogP contribution in [0.3, 0.4) is 0 Å². The predicted molar refractivity (Wildman–Crippen MR) is 94.9 cm³/mol. The zero-order chi connectivity index (χ0) is 18.0. The van der Waals surface area contributed by atoms with Crippen molar-refractivity contribution in [3.05, 3.63) is 63.3 Å². The Kier molecular flexibility index (Phi) is 4.65. The molecule has 7 heteroatoms. The van der Waals surface area contributed by atoms with Crippen molar-refractivity contribution in [2.45, 2.75) is 13.8 Å². The lowest BCUT2D eigenvalue weighted by atomic mass is 10.1. The first-order valence-corrected chi connectivity index (χ1v) is 8.17. The normalized spacial score (nSPS) is 14.5. The zero-order valence-corrected chi connectivity index (χ0v) is 14.3. The van der Waals surface area contributed by atoms with E-state index in [0.29, 0.717) is 31.7 Å². The van der Waals surface area contributed by atoms with Gasteiger partial charge in [-0.05, 0) is 53.1 Å². The molecule has 1 aliphatic rings. The molecule has 1 saturated heterocycles. The fourth-order valence-corrected chi connectivity index (χ4v) is 2.90. The van der Waals surface area contributed by atoms with Crippen molar-refractivity contribution in [3.63, 3.8) is 0 Å². The highest BCUT2D eigenvalue weighted by Gasteiger charge is 2.23. The van der Waals surface area contributed by atoms with E-state index in [1.54, 1.807) is 6.07 Å². The molecule has 0 aliphatic carbocycles. The molecule has 3 rings (SSSR count). The van der Waals surface area contributed by atoms with Crippen LogP contribution in [0, 0.1) is 24.0 Å². The maximum Gasteiger partial charge on any atom is 0.363 e. The van der Waals surface area contributed by atoms with Crippen LogP contribution in [0.4, 0.5) is 11.5 Å². The molecule has 0 radical (unpaired) electrons. The molecular weight excluding hydrogens is 320 g/mol. The Balaban J connectivity index is 1.64. The third-order valence-corrected chi connectivity index (χ3v) is 4.61. The highest BCUT2D eigenvalue weighted by Crippen LogP contribution is 2.19. The van der Waals surface area contributed by atoms with Gasteiger partial charge >= 0.3 is 5.82 Å². The summed E-state index contributed by atoms with van der Waals surface area (Å²) in [6, 6.07) is 8.89. The number of piperazine rings is 1. The molecule has 0 bridgehead atoms. The number of anilines is 1. The summed E-state index contributed by atoms with van der Waals surface area (Å²) >= 11 is 0. The Bertz CT molecular complexity index is 796. The first-order chi connectivity index (χ1) is 12.0. The van der Waals surface area contributed by atoms with Crippen LogP contribution in [0.1, 0.15) is 21.5 Å². The van der Waals surface area contributed by atoms with Crippen LogP contribution in [-0.4, -0.2) is 46.9 Å². The van der Waals surface area contributed by atoms with Crippen molar-refractivity contribution in [2.24, 2.45) is 0 Å². The number of rotatable bonds is 3. The Labute approximate surface area is 146 Å². The second-order valence-corrected chi connectivity index (χ2v) is 6.21. The zero-order valence-electron chi connectivity index (χ0n) is 14.3. The Hall–Kier alpha value is -2.96. The van der Waals surface area contributed by atoms with Crippen LogP contribution >= 0.6 is 0 Å². The summed E-state index contributed by atoms with van der Waals surface area (Å²) in [5, 5.41) is 10.7. The maximum atomic E-state index is 12.6. The summed E-state index contributed by atoms with van der Waals surface area (Å²) in [6.07, 6.45) is 1.51. The summed E-state index contributed by atoms with van der Waals surface area (Å²) in [4.78, 5) is 30.6. The van der Waals surface area contributed by atoms with Crippen LogP contribution in [0.15, 0.2) is 36.5 Å². The highest BCUT2D eigenvalue weighted by atomic mass is 16.6. The van der Waals surface area contributed by atoms with Crippen LogP contribution in [0.2, 0.25) is 0 Å². The monoisotopic (exact) mass is 340 g/mol. The molecule has 0 unspecified atom stereocenters. The van der Waals surface area contributed by atoms with Crippen LogP contribution < -0.4 is 4.90 Å². The molecule has 0 N–H and O–H groups in total. The van der Waals surface area contributed by atoms with E-state index in [1.165, 1.54) is 17.8 Å². The van der Waals surface area contributed by atoms with Crippen LogP contribution in [0.25, 0.3) is 0 Å². The number of pyridine rings is 1. The number of benzene rings is 1. The SMILES string of the molecule is Cc1ccc(C(=O)N2CCN(c3ccc([N+](=O)[O-])nc3)CC2)cc1C. The summed E-state index contributed by atoms with van der Waals surface area (Å²) in [7, 11) is 0. The summed E-state index contributed by atoms with van der Waals surface area (Å²) < 4.78 is 0. The molecule has 130 valence electrons. The molecule has 2 heterocycles. The molecule has 0 atom stereocenters. The maximum absolute atomic E-state index is 12.6. The molecule has 7 nitrogen and oxygen atoms in total. The number of aromatic nitrogens is 1. The fourth-order valence-electron chi connectivity index (χ4n) is 2.90. The third kappa shape index (κ3) is 3.60. The minimum atomic E-state index is -0.510. The van der Waals surface area contributed by atoms with E-state index in [1.807, 2.05) is 36.9 Å². The average Bonchev–Trinajstić information content (AvgIpc) is 2.63. The van der Waals surface area contributed by atoms with Crippen molar-refractivity contribution < 1.29 is 9.72 Å². The van der Waals surface area contributed by atoms with E-state index in [4.69, 9.17) is 0 Å². The van der Waals surface area contributed by atoms with Gasteiger partial charge in [0, 0.05) is 37.8 Å². The van der Waals surface area contributed by atoms with Gasteiger partial charge in [-0.25, -0.2) is 0 Å². The lowest BCUT2D eigenvalue weighted by Gasteiger charge is -2.35. The summed E-state index contributed by atoms with van der Waals surface area (Å²) in [5.74, 6) is -0.114. The van der Waals surface area contributed by atoms with Gasteiger partial charge in [-0.15, -0.1) is 0 Å². The Morgan fingerprint density at radius 3 is 2.36 bits per heavy atom. The van der Waals surface area contributed by atoms with Crippen molar-refractivity contribution in [3.8, 4) is 0 Å². The number of hydrogen-bond acceptors (Lipinski definition) is 5. The van der Waals surface area contributed by atoms with E-state index in [0.717, 1.165) is 11.3 Å². The second-order valence-electron chi connectivity index (χ2n) is 6.21. The van der Waals surface area contributed by atoms with Gasteiger partial charge in [0.2, 0.25) is 0 Å². The molecule has 0 spiro atoms. The van der Waals surface area contributed by atoms with E-state index in [2.05, 4.69) is 9.88 Å². The number of aryl methyl sites for hydroxylation is 2. The average molecular weight is 340 g/mol. The largest absolute Gasteiger partial charge is 0.365 e. The summed E-state index contributed by atoms with van der Waals surface area (Å²) in [5.41, 5.74) is 3.84. The molecule has 1 amide bonds. The number of nitrogens with zero attached hydrogens (tertiary/aromatic N) is 4. The van der Waals surface area contributed by atoms with Gasteiger partial charge in [-0.3, -0.25) is 4.79 Å². The lowest BCUT2D eigenvalue weighted by Crippen LogP contribution is -2.48. The van der Waals surface area contributed by atoms with Gasteiger partial charge in [0.05, 0.1) is 5.69 Å². The van der Waals surface area contributed by atoms with Crippen molar-refractivity contribution in [1.29, 1.82) is 0 Å². The smallest absolute Gasteiger partial charge is 0.363 e. The molecule has 1 aromatic carbocycles. The van der Waals surface area contributed by atoms with Gasteiger partial charge in [0.25, 0.3) is 5.91 Å². The number of amides is 1. The Morgan fingerprint density at radius 2 is 1.80 bits per heavy atom. The minimum Gasteiger partial charge on any atom is -0.365 e. The van der Waals surface area contributed by atoms with Crippen molar-refractivity contribution in [1.82, 2.24) is 9.88 Å². The van der Waals surface area contributed by atoms with E-state index in [-0.39, 0.29) is 11.7 Å². The predicted octanol–water partition coefficient (Wildman–Crippen LogP) is 2.57. The molecule has 25 heavy (non-hydrogen) atoms. The van der Waals surface area contributed by atoms with E-state index < -0.39 is 4.92 Å². The van der Waals surface area contributed by atoms with E-state index >= 15 is 0 Å². The van der Waals surface area contributed by atoms with Crippen molar-refractivity contribution >= 4 is 17.4 Å². The van der Waals surface area contributed by atoms with Crippen LogP contribution in [0.5, 0.6) is 0 Å². The quantitative estimate of drug-likeness (QED) is 0.634. The van der Waals surface area contributed by atoms with Gasteiger partial charge in [0.15, 0.2) is 6.20 Å². The highest BCUT2D eigenvalue weighted by molar-refractivity contribution is 5.94. The molecule has 0 saturated carbocycles. The van der Waals surface area contributed by atoms with Gasteiger partial charge < -0.3 is 19.9 Å². The molecule has 1 aliphatic heterocycles. The Morgan fingerprint density at radius 1 is 1.08 bits per heavy atom. The third-order valence-electron chi connectivity index (χ3n) is 4.61. The summed E-state index contributed by atoms with van der Waals surface area (Å²) in [6.45, 7) is 6.61. The molecule has 1 fully saturated rings. The first-order valence-electron chi connectivity index (χ1n) is 8.17. The van der Waals surface area contributed by atoms with Crippen molar-refractivity contribution in [2.75, 3.05) is 31.1 Å². The fraction of sp³-hybridized carbons (Fsp3) is 0.333. The number of carbonyl (C=O) groups excluding carboxylic acids is 1. The topological polar surface area (TPSA) is 79.6 Å². The number of carbonyl (C=O) groups is 1. The lowest BCUT2D eigenvalue weighted by molar-refractivity contribution is -0.389. The van der Waals surface area contributed by atoms with Gasteiger partial charge in [0.1, 0.15) is 0 Å². The van der Waals surface area contributed by atoms with Crippen LogP contribution in [-0.2, 0) is 0 Å². The number of hydrogen-bond donors (Lipinski definition) is 0. The van der Waals surface area contributed by atoms with Gasteiger partial charge in [-0.2, -0.15) is 0 Å². The minimum absolute atomic E-state index is 0.0459. The first kappa shape index (κ1) is 16.9. The van der Waals surface area contributed by atoms with Gasteiger partial charge in [-0.1, -0.05) is 6.07 Å². The molecule has 1 aromatic heterocycles. The van der Waals surface area contributed by atoms with E-state index in [9.17, 15) is 14.9 Å².